The minimum atomic E-state index is -2.33. The van der Waals surface area contributed by atoms with E-state index in [1.54, 1.807) is 12.1 Å². The maximum atomic E-state index is 8.15. The number of aromatic nitrogens is 3. The Morgan fingerprint density at radius 1 is 0.627 bits per heavy atom. The van der Waals surface area contributed by atoms with Gasteiger partial charge in [-0.25, -0.2) is 9.83 Å². The van der Waals surface area contributed by atoms with Crippen molar-refractivity contribution >= 4 is 88.3 Å². The first-order valence-electron chi connectivity index (χ1n) is 18.3. The van der Waals surface area contributed by atoms with E-state index in [-0.39, 0.29) is 6.67 Å². The van der Waals surface area contributed by atoms with Gasteiger partial charge in [-0.2, -0.15) is 0 Å². The Labute approximate surface area is 296 Å². The van der Waals surface area contributed by atoms with Gasteiger partial charge in [-0.1, -0.05) is 60.7 Å². The molecule has 4 aromatic heterocycles. The molecule has 0 atom stereocenters. The highest BCUT2D eigenvalue weighted by atomic mass is 16.5. The smallest absolute Gasteiger partial charge is 0.192 e. The molecule has 240 valence electrons. The van der Waals surface area contributed by atoms with E-state index in [2.05, 4.69) is 86.4 Å². The summed E-state index contributed by atoms with van der Waals surface area (Å²) in [5.74, 6) is 1.07. The van der Waals surface area contributed by atoms with Crippen LogP contribution in [0.5, 0.6) is 11.5 Å². The number of ether oxygens (including phenoxy) is 1. The molecule has 0 spiro atoms. The van der Waals surface area contributed by atoms with E-state index in [9.17, 15) is 0 Å². The van der Waals surface area contributed by atoms with Crippen LogP contribution in [0, 0.1) is 6.57 Å². The van der Waals surface area contributed by atoms with Gasteiger partial charge in [0, 0.05) is 67.4 Å². The van der Waals surface area contributed by atoms with Crippen LogP contribution in [-0.2, 0) is 0 Å². The van der Waals surface area contributed by atoms with Crippen LogP contribution in [0.4, 0.5) is 22.7 Å². The van der Waals surface area contributed by atoms with Gasteiger partial charge in [-0.3, -0.25) is 4.40 Å². The topological polar surface area (TPSA) is 41.8 Å². The molecule has 0 saturated carbocycles. The molecule has 0 fully saturated rings. The summed E-state index contributed by atoms with van der Waals surface area (Å²) in [6, 6.07) is 44.6. The fourth-order valence-corrected chi connectivity index (χ4v) is 8.18. The lowest BCUT2D eigenvalue weighted by atomic mass is 10.1. The van der Waals surface area contributed by atoms with Gasteiger partial charge in [-0.15, -0.1) is 0 Å². The molecule has 0 aliphatic carbocycles. The van der Waals surface area contributed by atoms with E-state index in [1.165, 1.54) is 15.7 Å². The fourth-order valence-electron chi connectivity index (χ4n) is 8.18. The zero-order valence-corrected chi connectivity index (χ0v) is 27.1. The number of rotatable bonds is 3. The SMILES string of the molecule is [2H]C([2H])([2H])N1CN(c2cc([N+]#[C-])cc(Oc3ccc4c5cccc6c5n(c4c3)c3ncccc3c3cccc4c5ccccc5n6c43)c2)c2ccccc21. The van der Waals surface area contributed by atoms with Crippen molar-refractivity contribution in [3.63, 3.8) is 0 Å². The second-order valence-electron chi connectivity index (χ2n) is 13.0. The lowest BCUT2D eigenvalue weighted by molar-refractivity contribution is 0.484. The molecule has 6 aromatic carbocycles. The van der Waals surface area contributed by atoms with E-state index in [0.29, 0.717) is 28.6 Å². The monoisotopic (exact) mass is 659 g/mol. The predicted molar refractivity (Wildman–Crippen MR) is 208 cm³/mol. The minimum absolute atomic E-state index is 0.115. The Morgan fingerprint density at radius 3 is 2.24 bits per heavy atom. The second kappa shape index (κ2) is 10.2. The molecule has 1 aliphatic rings. The van der Waals surface area contributed by atoms with E-state index in [4.69, 9.17) is 20.4 Å². The van der Waals surface area contributed by atoms with Crippen LogP contribution in [0.2, 0.25) is 0 Å². The minimum Gasteiger partial charge on any atom is -0.459 e. The van der Waals surface area contributed by atoms with Gasteiger partial charge in [0.15, 0.2) is 5.69 Å². The van der Waals surface area contributed by atoms with Crippen LogP contribution >= 0.6 is 0 Å². The third kappa shape index (κ3) is 3.84. The van der Waals surface area contributed by atoms with Crippen LogP contribution in [0.15, 0.2) is 140 Å². The highest BCUT2D eigenvalue weighted by Gasteiger charge is 2.25. The molecule has 51 heavy (non-hydrogen) atoms. The van der Waals surface area contributed by atoms with Crippen LogP contribution in [0.1, 0.15) is 4.11 Å². The average Bonchev–Trinajstić information content (AvgIpc) is 3.85. The van der Waals surface area contributed by atoms with Crippen molar-refractivity contribution in [2.24, 2.45) is 0 Å². The summed E-state index contributed by atoms with van der Waals surface area (Å²) in [6.07, 6.45) is 1.85. The summed E-state index contributed by atoms with van der Waals surface area (Å²) in [5.41, 5.74) is 8.59. The van der Waals surface area contributed by atoms with Crippen molar-refractivity contribution in [3.05, 3.63) is 151 Å². The molecule has 10 aromatic rings. The predicted octanol–water partition coefficient (Wildman–Crippen LogP) is 11.2. The van der Waals surface area contributed by atoms with Gasteiger partial charge in [0.2, 0.25) is 0 Å². The van der Waals surface area contributed by atoms with E-state index < -0.39 is 6.98 Å². The van der Waals surface area contributed by atoms with Crippen molar-refractivity contribution in [2.75, 3.05) is 23.4 Å². The molecule has 0 bridgehead atoms. The molecule has 0 amide bonds. The third-order valence-corrected chi connectivity index (χ3v) is 10.3. The second-order valence-corrected chi connectivity index (χ2v) is 13.0. The normalized spacial score (nSPS) is 14.1. The first-order chi connectivity index (χ1) is 26.4. The van der Waals surface area contributed by atoms with Crippen molar-refractivity contribution in [2.45, 2.75) is 0 Å². The highest BCUT2D eigenvalue weighted by Crippen LogP contribution is 2.44. The van der Waals surface area contributed by atoms with Gasteiger partial charge in [0.25, 0.3) is 0 Å². The van der Waals surface area contributed by atoms with Crippen molar-refractivity contribution in [1.29, 1.82) is 0 Å². The van der Waals surface area contributed by atoms with Crippen LogP contribution in [-0.4, -0.2) is 27.4 Å². The molecule has 1 aliphatic heterocycles. The average molecular weight is 660 g/mol. The molecule has 0 unspecified atom stereocenters. The standard InChI is InChI=1S/C44H28N6O/c1-45-27-22-28(48-26-47(2)38-16-5-6-17-39(38)48)24-30(23-27)51-29-19-20-32-34-13-8-18-40-43(34)50(41(32)25-29)44-36(14-9-21-46-44)35-12-7-11-33-31-10-3-4-15-37(31)49(40)42(33)35/h3-25H,26H2,2H3/i2D3. The molecular formula is C44H28N6O. The van der Waals surface area contributed by atoms with Gasteiger partial charge in [-0.05, 0) is 60.7 Å². The number of hydrogen-bond donors (Lipinski definition) is 0. The van der Waals surface area contributed by atoms with Crippen LogP contribution in [0.3, 0.4) is 0 Å². The molecule has 7 nitrogen and oxygen atoms in total. The van der Waals surface area contributed by atoms with Gasteiger partial charge in [0.1, 0.15) is 17.1 Å². The van der Waals surface area contributed by atoms with E-state index in [1.807, 2.05) is 59.6 Å². The summed E-state index contributed by atoms with van der Waals surface area (Å²) in [5, 5.41) is 6.68. The summed E-state index contributed by atoms with van der Waals surface area (Å²) >= 11 is 0. The lowest BCUT2D eigenvalue weighted by Crippen LogP contribution is -2.23. The molecule has 5 heterocycles. The molecule has 0 saturated heterocycles. The Bertz CT molecular complexity index is 3270. The fraction of sp³-hybridized carbons (Fsp3) is 0.0455. The summed E-state index contributed by atoms with van der Waals surface area (Å²) in [7, 11) is 0. The number of anilines is 3. The zero-order valence-electron chi connectivity index (χ0n) is 30.1. The highest BCUT2D eigenvalue weighted by molar-refractivity contribution is 6.23. The number of nitrogens with zero attached hydrogens (tertiary/aromatic N) is 6. The molecule has 7 heteroatoms. The Morgan fingerprint density at radius 2 is 1.35 bits per heavy atom. The first kappa shape index (κ1) is 25.0. The lowest BCUT2D eigenvalue weighted by Gasteiger charge is -2.21. The Balaban J connectivity index is 1.15. The zero-order chi connectivity index (χ0) is 36.3. The maximum absolute atomic E-state index is 8.15. The van der Waals surface area contributed by atoms with E-state index >= 15 is 0 Å². The molecule has 11 rings (SSSR count). The van der Waals surface area contributed by atoms with Crippen LogP contribution in [0.25, 0.3) is 70.4 Å². The van der Waals surface area contributed by atoms with Gasteiger partial charge in [0.05, 0.1) is 52.2 Å². The van der Waals surface area contributed by atoms with Crippen molar-refractivity contribution in [3.8, 4) is 11.5 Å². The van der Waals surface area contributed by atoms with E-state index in [0.717, 1.165) is 60.5 Å². The number of hydrogen-bond acceptors (Lipinski definition) is 4. The van der Waals surface area contributed by atoms with Gasteiger partial charge >= 0.3 is 0 Å². The van der Waals surface area contributed by atoms with Crippen molar-refractivity contribution < 1.29 is 8.85 Å². The van der Waals surface area contributed by atoms with Gasteiger partial charge < -0.3 is 18.9 Å². The van der Waals surface area contributed by atoms with Crippen molar-refractivity contribution in [1.82, 2.24) is 13.8 Å². The Kier molecular flexibility index (Phi) is 5.02. The number of benzene rings is 6. The number of fused-ring (bicyclic) bond motifs is 11. The molecule has 0 radical (unpaired) electrons. The maximum Gasteiger partial charge on any atom is 0.192 e. The number of para-hydroxylation sites is 5. The molecule has 0 N–H and O–H groups in total. The van der Waals surface area contributed by atoms with Crippen LogP contribution < -0.4 is 14.5 Å². The summed E-state index contributed by atoms with van der Waals surface area (Å²) in [4.78, 5) is 12.1. The third-order valence-electron chi connectivity index (χ3n) is 10.3. The summed E-state index contributed by atoms with van der Waals surface area (Å²) in [6.45, 7) is 5.69. The number of pyridine rings is 1. The summed E-state index contributed by atoms with van der Waals surface area (Å²) < 4.78 is 35.7. The quantitative estimate of drug-likeness (QED) is 0.177. The first-order valence-corrected chi connectivity index (χ1v) is 16.8. The Hall–Kier alpha value is -7.04. The molecular weight excluding hydrogens is 629 g/mol. The largest absolute Gasteiger partial charge is 0.459 e.